The number of hydrogen-bond acceptors (Lipinski definition) is 2. The van der Waals surface area contributed by atoms with Gasteiger partial charge in [-0.25, -0.2) is 0 Å². The number of carbonyl (C=O) groups excluding carboxylic acids is 2. The van der Waals surface area contributed by atoms with Gasteiger partial charge in [-0.2, -0.15) is 0 Å². The molecule has 0 radical (unpaired) electrons. The van der Waals surface area contributed by atoms with Gasteiger partial charge in [0.05, 0.1) is 12.1 Å². The van der Waals surface area contributed by atoms with Crippen LogP contribution in [0, 0.1) is 0 Å². The summed E-state index contributed by atoms with van der Waals surface area (Å²) in [6, 6.07) is 21.4. The predicted molar refractivity (Wildman–Crippen MR) is 107 cm³/mol. The van der Waals surface area contributed by atoms with Gasteiger partial charge < -0.3 is 10.2 Å². The largest absolute Gasteiger partial charge is 0.343 e. The molecule has 2 amide bonds. The molecule has 0 heterocycles. The summed E-state index contributed by atoms with van der Waals surface area (Å²) < 4.78 is 0.703. The molecule has 0 aliphatic rings. The van der Waals surface area contributed by atoms with Gasteiger partial charge in [0.15, 0.2) is 0 Å². The van der Waals surface area contributed by atoms with Crippen LogP contribution in [-0.2, 0) is 11.3 Å². The van der Waals surface area contributed by atoms with Crippen LogP contribution < -0.4 is 5.32 Å². The zero-order valence-electron chi connectivity index (χ0n) is 14.4. The van der Waals surface area contributed by atoms with Crippen molar-refractivity contribution in [1.82, 2.24) is 10.2 Å². The van der Waals surface area contributed by atoms with Crippen molar-refractivity contribution in [2.75, 3.05) is 13.6 Å². The molecule has 132 valence electrons. The summed E-state index contributed by atoms with van der Waals surface area (Å²) in [5.41, 5.74) is 1.56. The molecule has 0 spiro atoms. The van der Waals surface area contributed by atoms with Crippen molar-refractivity contribution in [3.8, 4) is 0 Å². The minimum atomic E-state index is -0.273. The third-order valence-electron chi connectivity index (χ3n) is 4.18. The van der Waals surface area contributed by atoms with Gasteiger partial charge in [0.25, 0.3) is 5.91 Å². The maximum atomic E-state index is 12.3. The van der Waals surface area contributed by atoms with Gasteiger partial charge in [-0.15, -0.1) is 0 Å². The SMILES string of the molecule is CN(Cc1ccc2ccccc2c1)C(=O)CNC(=O)c1ccccc1Br. The molecule has 5 heteroatoms. The predicted octanol–water partition coefficient (Wildman–Crippen LogP) is 3.99. The Morgan fingerprint density at radius 3 is 2.42 bits per heavy atom. The van der Waals surface area contributed by atoms with E-state index in [0.29, 0.717) is 16.6 Å². The topological polar surface area (TPSA) is 49.4 Å². The summed E-state index contributed by atoms with van der Waals surface area (Å²) in [4.78, 5) is 26.1. The molecule has 4 nitrogen and oxygen atoms in total. The second-order valence-electron chi connectivity index (χ2n) is 6.09. The van der Waals surface area contributed by atoms with Gasteiger partial charge >= 0.3 is 0 Å². The average Bonchev–Trinajstić information content (AvgIpc) is 2.66. The summed E-state index contributed by atoms with van der Waals surface area (Å²) in [6.45, 7) is 0.457. The minimum Gasteiger partial charge on any atom is -0.343 e. The van der Waals surface area contributed by atoms with Gasteiger partial charge in [0.1, 0.15) is 0 Å². The fraction of sp³-hybridized carbons (Fsp3) is 0.143. The van der Waals surface area contributed by atoms with E-state index in [9.17, 15) is 9.59 Å². The Hall–Kier alpha value is -2.66. The minimum absolute atomic E-state index is 0.0375. The monoisotopic (exact) mass is 410 g/mol. The Labute approximate surface area is 160 Å². The molecule has 0 bridgehead atoms. The van der Waals surface area contributed by atoms with E-state index in [1.807, 2.05) is 24.3 Å². The van der Waals surface area contributed by atoms with Crippen LogP contribution in [0.3, 0.4) is 0 Å². The summed E-state index contributed by atoms with van der Waals surface area (Å²) in [5.74, 6) is -0.413. The van der Waals surface area contributed by atoms with Crippen LogP contribution >= 0.6 is 15.9 Å². The highest BCUT2D eigenvalue weighted by Gasteiger charge is 2.13. The Bertz CT molecular complexity index is 955. The van der Waals surface area contributed by atoms with E-state index < -0.39 is 0 Å². The van der Waals surface area contributed by atoms with Crippen LogP contribution in [0.15, 0.2) is 71.2 Å². The maximum Gasteiger partial charge on any atom is 0.252 e. The third-order valence-corrected chi connectivity index (χ3v) is 4.87. The van der Waals surface area contributed by atoms with Crippen molar-refractivity contribution in [2.45, 2.75) is 6.54 Å². The molecule has 0 aromatic heterocycles. The Morgan fingerprint density at radius 1 is 0.962 bits per heavy atom. The van der Waals surface area contributed by atoms with E-state index in [1.54, 1.807) is 30.1 Å². The van der Waals surface area contributed by atoms with Crippen molar-refractivity contribution < 1.29 is 9.59 Å². The molecule has 0 aliphatic carbocycles. The summed E-state index contributed by atoms with van der Waals surface area (Å²) in [5, 5.41) is 4.99. The molecular weight excluding hydrogens is 392 g/mol. The standard InChI is InChI=1S/C21H19BrN2O2/c1-24(14-15-10-11-16-6-2-3-7-17(16)12-15)20(25)13-23-21(26)18-8-4-5-9-19(18)22/h2-12H,13-14H2,1H3,(H,23,26). The molecule has 0 saturated heterocycles. The van der Waals surface area contributed by atoms with Crippen molar-refractivity contribution in [2.24, 2.45) is 0 Å². The second kappa shape index (κ2) is 8.15. The van der Waals surface area contributed by atoms with Crippen molar-refractivity contribution in [3.05, 3.63) is 82.3 Å². The number of likely N-dealkylation sites (N-methyl/N-ethyl adjacent to an activating group) is 1. The molecular formula is C21H19BrN2O2. The lowest BCUT2D eigenvalue weighted by atomic mass is 10.1. The fourth-order valence-electron chi connectivity index (χ4n) is 2.73. The summed E-state index contributed by atoms with van der Waals surface area (Å²) in [6.07, 6.45) is 0. The van der Waals surface area contributed by atoms with Gasteiger partial charge in [-0.05, 0) is 50.5 Å². The summed E-state index contributed by atoms with van der Waals surface area (Å²) in [7, 11) is 1.74. The highest BCUT2D eigenvalue weighted by atomic mass is 79.9. The number of fused-ring (bicyclic) bond motifs is 1. The molecule has 0 unspecified atom stereocenters. The van der Waals surface area contributed by atoms with Crippen molar-refractivity contribution in [1.29, 1.82) is 0 Å². The van der Waals surface area contributed by atoms with E-state index >= 15 is 0 Å². The Kier molecular flexibility index (Phi) is 5.68. The molecule has 0 saturated carbocycles. The van der Waals surface area contributed by atoms with E-state index in [-0.39, 0.29) is 18.4 Å². The number of hydrogen-bond donors (Lipinski definition) is 1. The molecule has 0 aliphatic heterocycles. The lowest BCUT2D eigenvalue weighted by Crippen LogP contribution is -2.37. The highest BCUT2D eigenvalue weighted by Crippen LogP contribution is 2.17. The van der Waals surface area contributed by atoms with E-state index in [2.05, 4.69) is 45.5 Å². The number of nitrogens with one attached hydrogen (secondary N) is 1. The summed E-state index contributed by atoms with van der Waals surface area (Å²) >= 11 is 3.34. The average molecular weight is 411 g/mol. The van der Waals surface area contributed by atoms with Crippen LogP contribution in [-0.4, -0.2) is 30.3 Å². The number of halogens is 1. The number of benzene rings is 3. The van der Waals surface area contributed by atoms with Crippen LogP contribution in [0.2, 0.25) is 0 Å². The van der Waals surface area contributed by atoms with Crippen LogP contribution in [0.4, 0.5) is 0 Å². The van der Waals surface area contributed by atoms with Crippen molar-refractivity contribution >= 4 is 38.5 Å². The van der Waals surface area contributed by atoms with Crippen LogP contribution in [0.5, 0.6) is 0 Å². The zero-order valence-corrected chi connectivity index (χ0v) is 16.0. The zero-order chi connectivity index (χ0) is 18.5. The molecule has 0 atom stereocenters. The molecule has 0 fully saturated rings. The smallest absolute Gasteiger partial charge is 0.252 e. The lowest BCUT2D eigenvalue weighted by Gasteiger charge is -2.18. The first-order valence-corrected chi connectivity index (χ1v) is 9.08. The van der Waals surface area contributed by atoms with Crippen molar-refractivity contribution in [3.63, 3.8) is 0 Å². The van der Waals surface area contributed by atoms with Gasteiger partial charge in [0, 0.05) is 18.1 Å². The Balaban J connectivity index is 1.59. The van der Waals surface area contributed by atoms with E-state index in [1.165, 1.54) is 5.39 Å². The number of carbonyl (C=O) groups is 2. The molecule has 3 rings (SSSR count). The second-order valence-corrected chi connectivity index (χ2v) is 6.95. The first kappa shape index (κ1) is 18.1. The normalized spacial score (nSPS) is 10.5. The number of rotatable bonds is 5. The maximum absolute atomic E-state index is 12.3. The quantitative estimate of drug-likeness (QED) is 0.690. The van der Waals surface area contributed by atoms with Gasteiger partial charge in [-0.1, -0.05) is 48.5 Å². The number of nitrogens with zero attached hydrogens (tertiary/aromatic N) is 1. The highest BCUT2D eigenvalue weighted by molar-refractivity contribution is 9.10. The van der Waals surface area contributed by atoms with Crippen LogP contribution in [0.1, 0.15) is 15.9 Å². The molecule has 3 aromatic carbocycles. The third kappa shape index (κ3) is 4.29. The molecule has 26 heavy (non-hydrogen) atoms. The fourth-order valence-corrected chi connectivity index (χ4v) is 3.20. The van der Waals surface area contributed by atoms with E-state index in [4.69, 9.17) is 0 Å². The first-order valence-electron chi connectivity index (χ1n) is 8.29. The molecule has 1 N–H and O–H groups in total. The van der Waals surface area contributed by atoms with E-state index in [0.717, 1.165) is 10.9 Å². The number of amides is 2. The first-order chi connectivity index (χ1) is 12.5. The van der Waals surface area contributed by atoms with Crippen LogP contribution in [0.25, 0.3) is 10.8 Å². The molecule has 3 aromatic rings. The Morgan fingerprint density at radius 2 is 1.65 bits per heavy atom. The van der Waals surface area contributed by atoms with Gasteiger partial charge in [-0.3, -0.25) is 9.59 Å². The van der Waals surface area contributed by atoms with Gasteiger partial charge in [0.2, 0.25) is 5.91 Å². The lowest BCUT2D eigenvalue weighted by molar-refractivity contribution is -0.129.